The minimum absolute atomic E-state index is 0.00556. The number of rotatable bonds is 1. The third-order valence-electron chi connectivity index (χ3n) is 3.46. The first-order chi connectivity index (χ1) is 11.7. The maximum absolute atomic E-state index is 12.4. The van der Waals surface area contributed by atoms with Crippen molar-refractivity contribution in [2.24, 2.45) is 0 Å². The highest BCUT2D eigenvalue weighted by Gasteiger charge is 2.19. The number of carbonyl (C=O) groups is 1. The lowest BCUT2D eigenvalue weighted by Crippen LogP contribution is -2.27. The van der Waals surface area contributed by atoms with E-state index in [-0.39, 0.29) is 16.7 Å². The zero-order chi connectivity index (χ0) is 18.4. The molecule has 0 atom stereocenters. The Balaban J connectivity index is 2.16. The van der Waals surface area contributed by atoms with Crippen LogP contribution < -0.4 is 10.9 Å². The summed E-state index contributed by atoms with van der Waals surface area (Å²) in [4.78, 5) is 24.3. The zero-order valence-corrected chi connectivity index (χ0v) is 15.4. The first kappa shape index (κ1) is 17.3. The first-order valence-corrected chi connectivity index (χ1v) is 8.34. The van der Waals surface area contributed by atoms with E-state index in [1.165, 1.54) is 6.07 Å². The lowest BCUT2D eigenvalue weighted by atomic mass is 10.1. The quantitative estimate of drug-likeness (QED) is 0.449. The molecule has 0 saturated heterocycles. The molecule has 0 aliphatic carbocycles. The fourth-order valence-corrected chi connectivity index (χ4v) is 3.13. The standard InChI is InChI=1S/C18H16BrNO5/c1-18(2,3)25-17(23)20-10-8-7-9-13-11(21)5-4-6-12(13)24-16(22)14(9)15(10)19/h4-8,21H,1-3H3,(H,20,23). The number of anilines is 1. The van der Waals surface area contributed by atoms with E-state index in [2.05, 4.69) is 21.2 Å². The minimum Gasteiger partial charge on any atom is -0.507 e. The molecule has 130 valence electrons. The summed E-state index contributed by atoms with van der Waals surface area (Å²) < 4.78 is 10.9. The van der Waals surface area contributed by atoms with Crippen LogP contribution in [0.2, 0.25) is 0 Å². The molecular formula is C18H16BrNO5. The fraction of sp³-hybridized carbons (Fsp3) is 0.222. The van der Waals surface area contributed by atoms with Gasteiger partial charge in [-0.2, -0.15) is 0 Å². The lowest BCUT2D eigenvalue weighted by molar-refractivity contribution is 0.0636. The Morgan fingerprint density at radius 2 is 1.92 bits per heavy atom. The van der Waals surface area contributed by atoms with Crippen LogP contribution in [0.15, 0.2) is 44.0 Å². The molecule has 7 heteroatoms. The van der Waals surface area contributed by atoms with Gasteiger partial charge in [-0.05, 0) is 54.9 Å². The molecular weight excluding hydrogens is 390 g/mol. The van der Waals surface area contributed by atoms with Gasteiger partial charge in [0, 0.05) is 5.39 Å². The fourth-order valence-electron chi connectivity index (χ4n) is 2.52. The van der Waals surface area contributed by atoms with E-state index in [0.717, 1.165) is 0 Å². The van der Waals surface area contributed by atoms with Gasteiger partial charge in [0.15, 0.2) is 0 Å². The van der Waals surface area contributed by atoms with Gasteiger partial charge in [-0.3, -0.25) is 5.32 Å². The zero-order valence-electron chi connectivity index (χ0n) is 13.8. The molecule has 1 aromatic heterocycles. The average Bonchev–Trinajstić information content (AvgIpc) is 2.47. The summed E-state index contributed by atoms with van der Waals surface area (Å²) in [5.74, 6) is 0.00556. The van der Waals surface area contributed by atoms with Gasteiger partial charge in [0.25, 0.3) is 0 Å². The number of fused-ring (bicyclic) bond motifs is 3. The SMILES string of the molecule is CC(C)(C)OC(=O)Nc1ccc2c(c1Br)c(=O)oc1cccc(O)c12. The van der Waals surface area contributed by atoms with Crippen LogP contribution in [0.3, 0.4) is 0 Å². The number of hydrogen-bond acceptors (Lipinski definition) is 5. The van der Waals surface area contributed by atoms with E-state index in [1.807, 2.05) is 0 Å². The maximum atomic E-state index is 12.4. The number of ether oxygens (including phenoxy) is 1. The van der Waals surface area contributed by atoms with Gasteiger partial charge in [-0.15, -0.1) is 0 Å². The van der Waals surface area contributed by atoms with Crippen molar-refractivity contribution in [3.05, 3.63) is 45.2 Å². The molecule has 0 radical (unpaired) electrons. The number of halogens is 1. The second kappa shape index (κ2) is 6.07. The highest BCUT2D eigenvalue weighted by Crippen LogP contribution is 2.36. The number of aromatic hydroxyl groups is 1. The van der Waals surface area contributed by atoms with Crippen molar-refractivity contribution in [3.8, 4) is 5.75 Å². The van der Waals surface area contributed by atoms with Gasteiger partial charge < -0.3 is 14.3 Å². The highest BCUT2D eigenvalue weighted by molar-refractivity contribution is 9.10. The molecule has 0 unspecified atom stereocenters. The highest BCUT2D eigenvalue weighted by atomic mass is 79.9. The smallest absolute Gasteiger partial charge is 0.412 e. The molecule has 0 aliphatic rings. The molecule has 6 nitrogen and oxygen atoms in total. The summed E-state index contributed by atoms with van der Waals surface area (Å²) in [6.07, 6.45) is -0.638. The maximum Gasteiger partial charge on any atom is 0.412 e. The third-order valence-corrected chi connectivity index (χ3v) is 4.28. The Hall–Kier alpha value is -2.54. The van der Waals surface area contributed by atoms with E-state index in [9.17, 15) is 14.7 Å². The summed E-state index contributed by atoms with van der Waals surface area (Å²) >= 11 is 3.34. The van der Waals surface area contributed by atoms with Gasteiger partial charge in [-0.1, -0.05) is 12.1 Å². The van der Waals surface area contributed by atoms with Crippen LogP contribution in [-0.2, 0) is 4.74 Å². The molecule has 0 fully saturated rings. The van der Waals surface area contributed by atoms with Crippen molar-refractivity contribution < 1.29 is 19.1 Å². The van der Waals surface area contributed by atoms with Crippen LogP contribution in [0, 0.1) is 0 Å². The summed E-state index contributed by atoms with van der Waals surface area (Å²) in [6, 6.07) is 7.99. The summed E-state index contributed by atoms with van der Waals surface area (Å²) in [7, 11) is 0. The van der Waals surface area contributed by atoms with E-state index in [4.69, 9.17) is 9.15 Å². The van der Waals surface area contributed by atoms with Gasteiger partial charge in [0.05, 0.1) is 20.9 Å². The molecule has 0 aliphatic heterocycles. The third kappa shape index (κ3) is 3.32. The van der Waals surface area contributed by atoms with Crippen molar-refractivity contribution in [1.29, 1.82) is 0 Å². The molecule has 3 aromatic rings. The molecule has 0 spiro atoms. The molecule has 25 heavy (non-hydrogen) atoms. The van der Waals surface area contributed by atoms with Crippen molar-refractivity contribution in [2.75, 3.05) is 5.32 Å². The predicted octanol–water partition coefficient (Wildman–Crippen LogP) is 4.76. The van der Waals surface area contributed by atoms with Crippen molar-refractivity contribution in [2.45, 2.75) is 26.4 Å². The van der Waals surface area contributed by atoms with Gasteiger partial charge in [0.1, 0.15) is 16.9 Å². The Kier molecular flexibility index (Phi) is 4.20. The Morgan fingerprint density at radius 3 is 2.60 bits per heavy atom. The number of carbonyl (C=O) groups excluding carboxylic acids is 1. The molecule has 1 heterocycles. The minimum atomic E-state index is -0.644. The van der Waals surface area contributed by atoms with Crippen LogP contribution in [0.5, 0.6) is 5.75 Å². The summed E-state index contributed by atoms with van der Waals surface area (Å²) in [6.45, 7) is 5.27. The average molecular weight is 406 g/mol. The molecule has 2 aromatic carbocycles. The molecule has 2 N–H and O–H groups in total. The van der Waals surface area contributed by atoms with Gasteiger partial charge in [-0.25, -0.2) is 9.59 Å². The van der Waals surface area contributed by atoms with Crippen LogP contribution in [-0.4, -0.2) is 16.8 Å². The van der Waals surface area contributed by atoms with Crippen molar-refractivity contribution >= 4 is 49.5 Å². The van der Waals surface area contributed by atoms with Crippen LogP contribution in [0.4, 0.5) is 10.5 Å². The van der Waals surface area contributed by atoms with Crippen molar-refractivity contribution in [1.82, 2.24) is 0 Å². The normalized spacial score (nSPS) is 11.7. The Bertz CT molecular complexity index is 1050. The van der Waals surface area contributed by atoms with Crippen LogP contribution in [0.25, 0.3) is 21.7 Å². The number of nitrogens with one attached hydrogen (secondary N) is 1. The van der Waals surface area contributed by atoms with Gasteiger partial charge in [0.2, 0.25) is 0 Å². The number of phenols is 1. The lowest BCUT2D eigenvalue weighted by Gasteiger charge is -2.20. The topological polar surface area (TPSA) is 88.8 Å². The summed E-state index contributed by atoms with van der Waals surface area (Å²) in [5.41, 5.74) is -0.567. The Morgan fingerprint density at radius 1 is 1.20 bits per heavy atom. The number of hydrogen-bond donors (Lipinski definition) is 2. The Labute approximate surface area is 151 Å². The molecule has 3 rings (SSSR count). The number of benzene rings is 2. The second-order valence-corrected chi connectivity index (χ2v) is 7.31. The van der Waals surface area contributed by atoms with E-state index >= 15 is 0 Å². The van der Waals surface area contributed by atoms with Crippen molar-refractivity contribution in [3.63, 3.8) is 0 Å². The largest absolute Gasteiger partial charge is 0.507 e. The van der Waals surface area contributed by atoms with E-state index in [1.54, 1.807) is 45.0 Å². The second-order valence-electron chi connectivity index (χ2n) is 6.52. The first-order valence-electron chi connectivity index (χ1n) is 7.54. The predicted molar refractivity (Wildman–Crippen MR) is 99.2 cm³/mol. The van der Waals surface area contributed by atoms with E-state index in [0.29, 0.717) is 20.9 Å². The molecule has 0 saturated carbocycles. The molecule has 1 amide bonds. The summed E-state index contributed by atoms with van der Waals surface area (Å²) in [5, 5.41) is 13.9. The van der Waals surface area contributed by atoms with Gasteiger partial charge >= 0.3 is 11.7 Å². The van der Waals surface area contributed by atoms with Crippen LogP contribution in [0.1, 0.15) is 20.8 Å². The van der Waals surface area contributed by atoms with E-state index < -0.39 is 17.3 Å². The number of amides is 1. The monoisotopic (exact) mass is 405 g/mol. The van der Waals surface area contributed by atoms with Crippen LogP contribution >= 0.6 is 15.9 Å². The number of phenolic OH excluding ortho intramolecular Hbond substituents is 1. The molecule has 0 bridgehead atoms.